The smallest absolute Gasteiger partial charge is 0.122 e. The maximum atomic E-state index is 10.2. The summed E-state index contributed by atoms with van der Waals surface area (Å²) in [5.74, 6) is 0. The van der Waals surface area contributed by atoms with Crippen LogP contribution in [0.3, 0.4) is 0 Å². The third-order valence-electron chi connectivity index (χ3n) is 2.42. The SMILES string of the molecule is CC(C)(CN)OCCC(C)(C)OCCC=O. The molecule has 0 bridgehead atoms. The Balaban J connectivity index is 3.76. The molecule has 0 amide bonds. The molecule has 0 atom stereocenters. The molecule has 0 fully saturated rings. The predicted octanol–water partition coefficient (Wildman–Crippen LogP) is 1.51. The molecule has 0 aliphatic heterocycles. The van der Waals surface area contributed by atoms with Gasteiger partial charge in [0.25, 0.3) is 0 Å². The van der Waals surface area contributed by atoms with E-state index in [4.69, 9.17) is 15.2 Å². The van der Waals surface area contributed by atoms with Gasteiger partial charge >= 0.3 is 0 Å². The molecular formula is C12H25NO3. The van der Waals surface area contributed by atoms with Crippen molar-refractivity contribution in [2.45, 2.75) is 51.7 Å². The first-order chi connectivity index (χ1) is 7.33. The van der Waals surface area contributed by atoms with Gasteiger partial charge in [0.2, 0.25) is 0 Å². The molecule has 0 unspecified atom stereocenters. The zero-order valence-electron chi connectivity index (χ0n) is 10.9. The van der Waals surface area contributed by atoms with Crippen LogP contribution in [-0.2, 0) is 14.3 Å². The van der Waals surface area contributed by atoms with Crippen LogP contribution in [0.4, 0.5) is 0 Å². The molecule has 0 aromatic carbocycles. The molecule has 0 aliphatic carbocycles. The summed E-state index contributed by atoms with van der Waals surface area (Å²) in [5, 5.41) is 0. The van der Waals surface area contributed by atoms with E-state index in [-0.39, 0.29) is 11.2 Å². The summed E-state index contributed by atoms with van der Waals surface area (Å²) in [5.41, 5.74) is 5.02. The van der Waals surface area contributed by atoms with E-state index < -0.39 is 0 Å². The van der Waals surface area contributed by atoms with Gasteiger partial charge in [0, 0.05) is 13.0 Å². The Bertz CT molecular complexity index is 202. The minimum Gasteiger partial charge on any atom is -0.375 e. The average Bonchev–Trinajstić information content (AvgIpc) is 2.17. The zero-order chi connectivity index (χ0) is 12.7. The first-order valence-electron chi connectivity index (χ1n) is 5.74. The molecule has 2 N–H and O–H groups in total. The molecule has 16 heavy (non-hydrogen) atoms. The van der Waals surface area contributed by atoms with E-state index in [0.717, 1.165) is 12.7 Å². The highest BCUT2D eigenvalue weighted by Gasteiger charge is 2.21. The number of ether oxygens (including phenoxy) is 2. The molecule has 0 rings (SSSR count). The molecule has 0 saturated heterocycles. The standard InChI is InChI=1S/C12H25NO3/c1-11(2,15-8-5-7-14)6-9-16-12(3,4)10-13/h7H,5-6,8-10,13H2,1-4H3. The fraction of sp³-hybridized carbons (Fsp3) is 0.917. The van der Waals surface area contributed by atoms with Gasteiger partial charge in [-0.1, -0.05) is 0 Å². The highest BCUT2D eigenvalue weighted by molar-refractivity contribution is 5.49. The molecule has 0 heterocycles. The molecule has 0 aromatic rings. The maximum absolute atomic E-state index is 10.2. The molecular weight excluding hydrogens is 206 g/mol. The van der Waals surface area contributed by atoms with Crippen molar-refractivity contribution in [3.63, 3.8) is 0 Å². The lowest BCUT2D eigenvalue weighted by atomic mass is 10.1. The van der Waals surface area contributed by atoms with Crippen LogP contribution in [0.25, 0.3) is 0 Å². The summed E-state index contributed by atoms with van der Waals surface area (Å²) in [4.78, 5) is 10.2. The minimum atomic E-state index is -0.279. The number of carbonyl (C=O) groups is 1. The van der Waals surface area contributed by atoms with E-state index in [9.17, 15) is 4.79 Å². The largest absolute Gasteiger partial charge is 0.375 e. The van der Waals surface area contributed by atoms with Gasteiger partial charge < -0.3 is 20.0 Å². The Kier molecular flexibility index (Phi) is 6.79. The molecule has 4 nitrogen and oxygen atoms in total. The molecule has 0 aromatic heterocycles. The van der Waals surface area contributed by atoms with Gasteiger partial charge in [-0.15, -0.1) is 0 Å². The third-order valence-corrected chi connectivity index (χ3v) is 2.42. The maximum Gasteiger partial charge on any atom is 0.122 e. The summed E-state index contributed by atoms with van der Waals surface area (Å²) >= 11 is 0. The number of nitrogens with two attached hydrogens (primary N) is 1. The van der Waals surface area contributed by atoms with E-state index in [1.807, 2.05) is 27.7 Å². The Labute approximate surface area is 98.5 Å². The average molecular weight is 231 g/mol. The van der Waals surface area contributed by atoms with Crippen LogP contribution >= 0.6 is 0 Å². The second-order valence-electron chi connectivity index (χ2n) is 5.13. The van der Waals surface area contributed by atoms with Gasteiger partial charge in [-0.05, 0) is 34.1 Å². The molecule has 0 saturated carbocycles. The number of hydrogen-bond donors (Lipinski definition) is 1. The first-order valence-corrected chi connectivity index (χ1v) is 5.74. The topological polar surface area (TPSA) is 61.6 Å². The van der Waals surface area contributed by atoms with Crippen molar-refractivity contribution in [1.29, 1.82) is 0 Å². The molecule has 96 valence electrons. The fourth-order valence-corrected chi connectivity index (χ4v) is 1.09. The van der Waals surface area contributed by atoms with Crippen molar-refractivity contribution < 1.29 is 14.3 Å². The van der Waals surface area contributed by atoms with Gasteiger partial charge in [-0.25, -0.2) is 0 Å². The highest BCUT2D eigenvalue weighted by Crippen LogP contribution is 2.16. The van der Waals surface area contributed by atoms with E-state index in [1.165, 1.54) is 0 Å². The number of carbonyl (C=O) groups excluding carboxylic acids is 1. The molecule has 0 aliphatic rings. The van der Waals surface area contributed by atoms with E-state index >= 15 is 0 Å². The van der Waals surface area contributed by atoms with Crippen LogP contribution in [-0.4, -0.2) is 37.2 Å². The normalized spacial score (nSPS) is 12.8. The van der Waals surface area contributed by atoms with Crippen molar-refractivity contribution in [3.05, 3.63) is 0 Å². The second kappa shape index (κ2) is 6.99. The Morgan fingerprint density at radius 3 is 2.12 bits per heavy atom. The van der Waals surface area contributed by atoms with Gasteiger partial charge in [0.1, 0.15) is 6.29 Å². The zero-order valence-corrected chi connectivity index (χ0v) is 10.9. The van der Waals surface area contributed by atoms with Gasteiger partial charge in [0.15, 0.2) is 0 Å². The van der Waals surface area contributed by atoms with Crippen LogP contribution in [0, 0.1) is 0 Å². The summed E-state index contributed by atoms with van der Waals surface area (Å²) in [6, 6.07) is 0. The lowest BCUT2D eigenvalue weighted by Gasteiger charge is -2.28. The van der Waals surface area contributed by atoms with Crippen LogP contribution in [0.2, 0.25) is 0 Å². The van der Waals surface area contributed by atoms with Gasteiger partial charge in [-0.3, -0.25) is 0 Å². The van der Waals surface area contributed by atoms with E-state index in [1.54, 1.807) is 0 Å². The Morgan fingerprint density at radius 1 is 1.06 bits per heavy atom. The van der Waals surface area contributed by atoms with Crippen LogP contribution in [0.5, 0.6) is 0 Å². The number of aldehydes is 1. The predicted molar refractivity (Wildman–Crippen MR) is 64.4 cm³/mol. The molecule has 0 spiro atoms. The minimum absolute atomic E-state index is 0.256. The summed E-state index contributed by atoms with van der Waals surface area (Å²) in [6.07, 6.45) is 2.10. The quantitative estimate of drug-likeness (QED) is 0.482. The second-order valence-corrected chi connectivity index (χ2v) is 5.13. The Hall–Kier alpha value is -0.450. The summed E-state index contributed by atoms with van der Waals surface area (Å²) in [6.45, 7) is 9.50. The monoisotopic (exact) mass is 231 g/mol. The lowest BCUT2D eigenvalue weighted by molar-refractivity contribution is -0.111. The number of hydrogen-bond acceptors (Lipinski definition) is 4. The van der Waals surface area contributed by atoms with Crippen molar-refractivity contribution in [2.24, 2.45) is 5.73 Å². The van der Waals surface area contributed by atoms with Gasteiger partial charge in [0.05, 0.1) is 24.4 Å². The molecule has 4 heteroatoms. The molecule has 0 radical (unpaired) electrons. The summed E-state index contributed by atoms with van der Waals surface area (Å²) < 4.78 is 11.2. The van der Waals surface area contributed by atoms with Crippen LogP contribution in [0.1, 0.15) is 40.5 Å². The van der Waals surface area contributed by atoms with Crippen molar-refractivity contribution in [1.82, 2.24) is 0 Å². The summed E-state index contributed by atoms with van der Waals surface area (Å²) in [7, 11) is 0. The fourth-order valence-electron chi connectivity index (χ4n) is 1.09. The Morgan fingerprint density at radius 2 is 1.62 bits per heavy atom. The van der Waals surface area contributed by atoms with Gasteiger partial charge in [-0.2, -0.15) is 0 Å². The third kappa shape index (κ3) is 7.79. The lowest BCUT2D eigenvalue weighted by Crippen LogP contribution is -2.36. The van der Waals surface area contributed by atoms with Crippen molar-refractivity contribution >= 4 is 6.29 Å². The van der Waals surface area contributed by atoms with E-state index in [0.29, 0.717) is 26.2 Å². The van der Waals surface area contributed by atoms with Crippen molar-refractivity contribution in [3.8, 4) is 0 Å². The van der Waals surface area contributed by atoms with Crippen LogP contribution < -0.4 is 5.73 Å². The van der Waals surface area contributed by atoms with E-state index in [2.05, 4.69) is 0 Å². The van der Waals surface area contributed by atoms with Crippen molar-refractivity contribution in [2.75, 3.05) is 19.8 Å². The van der Waals surface area contributed by atoms with Crippen LogP contribution in [0.15, 0.2) is 0 Å². The number of rotatable bonds is 9. The highest BCUT2D eigenvalue weighted by atomic mass is 16.5. The first kappa shape index (κ1) is 15.6.